The van der Waals surface area contributed by atoms with Crippen molar-refractivity contribution < 1.29 is 4.74 Å². The average molecular weight is 273 g/mol. The van der Waals surface area contributed by atoms with E-state index in [1.54, 1.807) is 12.7 Å². The van der Waals surface area contributed by atoms with Crippen LogP contribution >= 0.6 is 0 Å². The summed E-state index contributed by atoms with van der Waals surface area (Å²) in [5.41, 5.74) is 7.45. The molecule has 3 rings (SSSR count). The van der Waals surface area contributed by atoms with Gasteiger partial charge in [-0.3, -0.25) is 4.57 Å². The highest BCUT2D eigenvalue weighted by Gasteiger charge is 2.19. The van der Waals surface area contributed by atoms with Gasteiger partial charge in [-0.05, 0) is 38.1 Å². The molecule has 0 amide bonds. The number of nitrogens with two attached hydrogens (primary N) is 1. The van der Waals surface area contributed by atoms with Crippen LogP contribution in [-0.4, -0.2) is 45.9 Å². The first-order valence-electron chi connectivity index (χ1n) is 6.82. The molecule has 0 radical (unpaired) electrons. The summed E-state index contributed by atoms with van der Waals surface area (Å²) in [6.07, 6.45) is 5.64. The average Bonchev–Trinajstić information content (AvgIpc) is 2.97. The van der Waals surface area contributed by atoms with E-state index in [1.165, 1.54) is 0 Å². The second-order valence-corrected chi connectivity index (χ2v) is 5.22. The molecule has 6 nitrogen and oxygen atoms in total. The number of piperidine rings is 1. The van der Waals surface area contributed by atoms with Gasteiger partial charge in [0.25, 0.3) is 0 Å². The molecule has 1 aromatic heterocycles. The minimum atomic E-state index is 0.255. The van der Waals surface area contributed by atoms with Gasteiger partial charge in [0, 0.05) is 18.8 Å². The molecule has 0 spiro atoms. The fraction of sp³-hybridized carbons (Fsp3) is 0.429. The van der Waals surface area contributed by atoms with E-state index in [-0.39, 0.29) is 6.10 Å². The van der Waals surface area contributed by atoms with Crippen LogP contribution in [-0.2, 0) is 0 Å². The van der Waals surface area contributed by atoms with Crippen molar-refractivity contribution >= 4 is 5.69 Å². The number of nitrogen functional groups attached to an aromatic ring is 1. The number of aromatic nitrogens is 3. The van der Waals surface area contributed by atoms with Crippen molar-refractivity contribution in [1.82, 2.24) is 19.7 Å². The second kappa shape index (κ2) is 5.50. The van der Waals surface area contributed by atoms with Crippen molar-refractivity contribution in [2.24, 2.45) is 0 Å². The van der Waals surface area contributed by atoms with E-state index in [0.29, 0.717) is 5.69 Å². The van der Waals surface area contributed by atoms with Crippen LogP contribution in [0.1, 0.15) is 12.8 Å². The van der Waals surface area contributed by atoms with Gasteiger partial charge in [0.15, 0.2) is 0 Å². The quantitative estimate of drug-likeness (QED) is 0.854. The van der Waals surface area contributed by atoms with Crippen LogP contribution in [0.25, 0.3) is 5.69 Å². The van der Waals surface area contributed by atoms with Crippen molar-refractivity contribution in [3.8, 4) is 11.4 Å². The van der Waals surface area contributed by atoms with E-state index in [9.17, 15) is 0 Å². The van der Waals surface area contributed by atoms with Gasteiger partial charge in [-0.15, -0.1) is 10.2 Å². The zero-order valence-corrected chi connectivity index (χ0v) is 11.6. The summed E-state index contributed by atoms with van der Waals surface area (Å²) in [5, 5.41) is 7.67. The van der Waals surface area contributed by atoms with E-state index in [2.05, 4.69) is 22.1 Å². The van der Waals surface area contributed by atoms with Crippen LogP contribution < -0.4 is 10.5 Å². The molecule has 0 aliphatic carbocycles. The number of nitrogens with zero attached hydrogens (tertiary/aromatic N) is 4. The molecule has 2 N–H and O–H groups in total. The maximum Gasteiger partial charge on any atom is 0.143 e. The molecule has 2 aromatic rings. The zero-order valence-electron chi connectivity index (χ0n) is 11.6. The van der Waals surface area contributed by atoms with Crippen LogP contribution in [0.15, 0.2) is 30.9 Å². The highest BCUT2D eigenvalue weighted by molar-refractivity contribution is 5.56. The lowest BCUT2D eigenvalue weighted by Gasteiger charge is -2.29. The molecule has 1 fully saturated rings. The molecule has 0 unspecified atom stereocenters. The Morgan fingerprint density at radius 1 is 1.20 bits per heavy atom. The molecular weight excluding hydrogens is 254 g/mol. The highest BCUT2D eigenvalue weighted by atomic mass is 16.5. The predicted molar refractivity (Wildman–Crippen MR) is 76.9 cm³/mol. The summed E-state index contributed by atoms with van der Waals surface area (Å²) in [6, 6.07) is 5.66. The maximum atomic E-state index is 6.15. The standard InChI is InChI=1S/C14H19N5O/c1-18-6-4-12(5-7-18)20-14-3-2-11(15)8-13(14)19-9-16-17-10-19/h2-3,8-10,12H,4-7,15H2,1H3. The first-order chi connectivity index (χ1) is 9.72. The predicted octanol–water partition coefficient (Wildman–Crippen LogP) is 1.32. The van der Waals surface area contributed by atoms with E-state index in [1.807, 2.05) is 22.8 Å². The normalized spacial score (nSPS) is 17.2. The number of hydrogen-bond acceptors (Lipinski definition) is 5. The highest BCUT2D eigenvalue weighted by Crippen LogP contribution is 2.27. The molecule has 0 bridgehead atoms. The van der Waals surface area contributed by atoms with E-state index < -0.39 is 0 Å². The topological polar surface area (TPSA) is 69.2 Å². The monoisotopic (exact) mass is 273 g/mol. The zero-order chi connectivity index (χ0) is 13.9. The molecular formula is C14H19N5O. The molecule has 1 aliphatic heterocycles. The summed E-state index contributed by atoms with van der Waals surface area (Å²) in [6.45, 7) is 2.14. The van der Waals surface area contributed by atoms with Gasteiger partial charge in [0.05, 0.1) is 5.69 Å². The summed E-state index contributed by atoms with van der Waals surface area (Å²) < 4.78 is 7.98. The van der Waals surface area contributed by atoms with Crippen molar-refractivity contribution in [2.75, 3.05) is 25.9 Å². The number of likely N-dealkylation sites (tertiary alicyclic amines) is 1. The summed E-state index contributed by atoms with van der Waals surface area (Å²) in [4.78, 5) is 2.32. The fourth-order valence-corrected chi connectivity index (χ4v) is 2.44. The smallest absolute Gasteiger partial charge is 0.143 e. The molecule has 1 saturated heterocycles. The molecule has 1 aromatic carbocycles. The first-order valence-corrected chi connectivity index (χ1v) is 6.82. The number of rotatable bonds is 3. The molecule has 20 heavy (non-hydrogen) atoms. The Kier molecular flexibility index (Phi) is 3.56. The van der Waals surface area contributed by atoms with Crippen LogP contribution in [0.4, 0.5) is 5.69 Å². The molecule has 106 valence electrons. The second-order valence-electron chi connectivity index (χ2n) is 5.22. The first kappa shape index (κ1) is 12.9. The van der Waals surface area contributed by atoms with Gasteiger partial charge in [-0.1, -0.05) is 0 Å². The molecule has 2 heterocycles. The van der Waals surface area contributed by atoms with Crippen LogP contribution in [0, 0.1) is 0 Å². The van der Waals surface area contributed by atoms with Crippen molar-refractivity contribution in [3.63, 3.8) is 0 Å². The number of anilines is 1. The van der Waals surface area contributed by atoms with Gasteiger partial charge >= 0.3 is 0 Å². The van der Waals surface area contributed by atoms with E-state index >= 15 is 0 Å². The Balaban J connectivity index is 1.82. The summed E-state index contributed by atoms with van der Waals surface area (Å²) >= 11 is 0. The SMILES string of the molecule is CN1CCC(Oc2ccc(N)cc2-n2cnnc2)CC1. The van der Waals surface area contributed by atoms with Crippen LogP contribution in [0.2, 0.25) is 0 Å². The van der Waals surface area contributed by atoms with Gasteiger partial charge in [-0.25, -0.2) is 0 Å². The van der Waals surface area contributed by atoms with Gasteiger partial charge in [0.2, 0.25) is 0 Å². The summed E-state index contributed by atoms with van der Waals surface area (Å²) in [7, 11) is 2.14. The molecule has 6 heteroatoms. The number of ether oxygens (including phenoxy) is 1. The van der Waals surface area contributed by atoms with Gasteiger partial charge < -0.3 is 15.4 Å². The van der Waals surface area contributed by atoms with Crippen molar-refractivity contribution in [2.45, 2.75) is 18.9 Å². The Bertz CT molecular complexity index is 561. The minimum Gasteiger partial charge on any atom is -0.488 e. The third-order valence-corrected chi connectivity index (χ3v) is 3.64. The van der Waals surface area contributed by atoms with Crippen LogP contribution in [0.3, 0.4) is 0 Å². The Morgan fingerprint density at radius 2 is 1.90 bits per heavy atom. The molecule has 1 aliphatic rings. The maximum absolute atomic E-state index is 6.15. The van der Waals surface area contributed by atoms with Gasteiger partial charge in [0.1, 0.15) is 24.5 Å². The fourth-order valence-electron chi connectivity index (χ4n) is 2.44. The lowest BCUT2D eigenvalue weighted by molar-refractivity contribution is 0.114. The largest absolute Gasteiger partial charge is 0.488 e. The summed E-state index contributed by atoms with van der Waals surface area (Å²) in [5.74, 6) is 0.827. The van der Waals surface area contributed by atoms with Crippen LogP contribution in [0.5, 0.6) is 5.75 Å². The third kappa shape index (κ3) is 2.75. The van der Waals surface area contributed by atoms with Crippen molar-refractivity contribution in [1.29, 1.82) is 0 Å². The lowest BCUT2D eigenvalue weighted by Crippen LogP contribution is -2.35. The minimum absolute atomic E-state index is 0.255. The number of hydrogen-bond donors (Lipinski definition) is 1. The van der Waals surface area contributed by atoms with Crippen molar-refractivity contribution in [3.05, 3.63) is 30.9 Å². The van der Waals surface area contributed by atoms with E-state index in [4.69, 9.17) is 10.5 Å². The Labute approximate surface area is 118 Å². The van der Waals surface area contributed by atoms with Gasteiger partial charge in [-0.2, -0.15) is 0 Å². The molecule has 0 atom stereocenters. The van der Waals surface area contributed by atoms with E-state index in [0.717, 1.165) is 37.4 Å². The Hall–Kier alpha value is -2.08. The number of benzene rings is 1. The lowest BCUT2D eigenvalue weighted by atomic mass is 10.1. The Morgan fingerprint density at radius 3 is 2.60 bits per heavy atom. The molecule has 0 saturated carbocycles. The third-order valence-electron chi connectivity index (χ3n) is 3.64.